The molecule has 0 saturated carbocycles. The molecular weight excluding hydrogens is 570 g/mol. The van der Waals surface area contributed by atoms with Crippen LogP contribution in [0.1, 0.15) is 63.9 Å². The molecule has 1 fully saturated rings. The molecule has 0 radical (unpaired) electrons. The van der Waals surface area contributed by atoms with Crippen molar-refractivity contribution in [3.63, 3.8) is 0 Å². The van der Waals surface area contributed by atoms with Gasteiger partial charge in [0.2, 0.25) is 6.10 Å². The van der Waals surface area contributed by atoms with Crippen LogP contribution < -0.4 is 5.32 Å². The standard InChI is InChI=1S/C33H39NO10/c1-7-19(2)26-31(39)41-20(3)25(34-28(36)23-16-12-9-13-17-23)30(38)42-21(4)29(37)43-24(18-22-14-10-8-11-15-22)27(35)33(5,6)32(40)44-26/h8-17,19-21,24-26H,7,18H2,1-6H3,(H,34,36)/t19-,20+,21-,24-,25?,26?/m0/s1. The molecule has 11 heteroatoms. The maximum absolute atomic E-state index is 13.8. The summed E-state index contributed by atoms with van der Waals surface area (Å²) in [7, 11) is 0. The minimum atomic E-state index is -1.84. The number of amides is 1. The second-order valence-electron chi connectivity index (χ2n) is 11.4. The van der Waals surface area contributed by atoms with Gasteiger partial charge in [-0.15, -0.1) is 0 Å². The van der Waals surface area contributed by atoms with Crippen LogP contribution in [-0.2, 0) is 49.3 Å². The van der Waals surface area contributed by atoms with Gasteiger partial charge in [0.1, 0.15) is 11.5 Å². The Morgan fingerprint density at radius 2 is 1.41 bits per heavy atom. The molecule has 1 amide bonds. The second kappa shape index (κ2) is 14.8. The topological polar surface area (TPSA) is 151 Å². The first kappa shape index (κ1) is 34.0. The minimum absolute atomic E-state index is 0.0770. The lowest BCUT2D eigenvalue weighted by atomic mass is 9.83. The molecule has 236 valence electrons. The summed E-state index contributed by atoms with van der Waals surface area (Å²) in [6, 6.07) is 15.2. The van der Waals surface area contributed by atoms with Gasteiger partial charge in [0.15, 0.2) is 24.0 Å². The van der Waals surface area contributed by atoms with E-state index in [0.717, 1.165) is 0 Å². The van der Waals surface area contributed by atoms with E-state index in [-0.39, 0.29) is 12.0 Å². The summed E-state index contributed by atoms with van der Waals surface area (Å²) in [4.78, 5) is 80.2. The van der Waals surface area contributed by atoms with Gasteiger partial charge in [0.05, 0.1) is 0 Å². The van der Waals surface area contributed by atoms with E-state index in [1.165, 1.54) is 39.8 Å². The molecule has 0 aliphatic carbocycles. The van der Waals surface area contributed by atoms with E-state index in [4.69, 9.17) is 18.9 Å². The summed E-state index contributed by atoms with van der Waals surface area (Å²) < 4.78 is 22.1. The lowest BCUT2D eigenvalue weighted by Gasteiger charge is -2.30. The van der Waals surface area contributed by atoms with Crippen molar-refractivity contribution >= 4 is 35.6 Å². The zero-order valence-corrected chi connectivity index (χ0v) is 25.7. The zero-order valence-electron chi connectivity index (χ0n) is 25.7. The molecule has 2 aromatic carbocycles. The smallest absolute Gasteiger partial charge is 0.348 e. The molecule has 6 atom stereocenters. The fourth-order valence-corrected chi connectivity index (χ4v) is 4.42. The zero-order chi connectivity index (χ0) is 32.6. The summed E-state index contributed by atoms with van der Waals surface area (Å²) in [6.45, 7) is 8.68. The molecule has 1 heterocycles. The van der Waals surface area contributed by atoms with E-state index in [1.807, 2.05) is 0 Å². The summed E-state index contributed by atoms with van der Waals surface area (Å²) in [5.41, 5.74) is -0.981. The summed E-state index contributed by atoms with van der Waals surface area (Å²) in [5, 5.41) is 2.51. The molecule has 0 spiro atoms. The van der Waals surface area contributed by atoms with E-state index in [0.29, 0.717) is 12.0 Å². The van der Waals surface area contributed by atoms with Gasteiger partial charge in [-0.25, -0.2) is 14.4 Å². The molecule has 1 N–H and O–H groups in total. The Morgan fingerprint density at radius 1 is 0.818 bits per heavy atom. The van der Waals surface area contributed by atoms with Crippen molar-refractivity contribution < 1.29 is 47.7 Å². The van der Waals surface area contributed by atoms with Crippen molar-refractivity contribution in [2.24, 2.45) is 11.3 Å². The number of hydrogen-bond acceptors (Lipinski definition) is 10. The third-order valence-corrected chi connectivity index (χ3v) is 7.54. The molecule has 1 aliphatic heterocycles. The van der Waals surface area contributed by atoms with Crippen LogP contribution in [0.15, 0.2) is 60.7 Å². The van der Waals surface area contributed by atoms with E-state index >= 15 is 0 Å². The third-order valence-electron chi connectivity index (χ3n) is 7.54. The van der Waals surface area contributed by atoms with E-state index in [1.54, 1.807) is 62.4 Å². The number of esters is 4. The summed E-state index contributed by atoms with van der Waals surface area (Å²) >= 11 is 0. The largest absolute Gasteiger partial charge is 0.457 e. The Balaban J connectivity index is 2.03. The Kier molecular flexibility index (Phi) is 11.4. The van der Waals surface area contributed by atoms with E-state index in [2.05, 4.69) is 5.32 Å². The summed E-state index contributed by atoms with van der Waals surface area (Å²) in [6.07, 6.45) is -5.42. The highest BCUT2D eigenvalue weighted by atomic mass is 16.6. The number of nitrogens with one attached hydrogen (secondary N) is 1. The molecule has 1 aliphatic rings. The first-order chi connectivity index (χ1) is 20.8. The van der Waals surface area contributed by atoms with Crippen LogP contribution in [-0.4, -0.2) is 66.0 Å². The molecule has 1 saturated heterocycles. The number of ether oxygens (including phenoxy) is 4. The highest BCUT2D eigenvalue weighted by Gasteiger charge is 2.47. The van der Waals surface area contributed by atoms with E-state index < -0.39 is 77.4 Å². The monoisotopic (exact) mass is 609 g/mol. The maximum Gasteiger partial charge on any atom is 0.348 e. The normalized spacial score (nSPS) is 25.7. The number of carbonyl (C=O) groups excluding carboxylic acids is 6. The van der Waals surface area contributed by atoms with Crippen LogP contribution in [0, 0.1) is 11.3 Å². The first-order valence-corrected chi connectivity index (χ1v) is 14.5. The van der Waals surface area contributed by atoms with Gasteiger partial charge >= 0.3 is 23.9 Å². The van der Waals surface area contributed by atoms with Gasteiger partial charge in [-0.2, -0.15) is 0 Å². The molecule has 11 nitrogen and oxygen atoms in total. The molecule has 3 rings (SSSR count). The Hall–Kier alpha value is -4.54. The van der Waals surface area contributed by atoms with Crippen LogP contribution in [0.2, 0.25) is 0 Å². The predicted molar refractivity (Wildman–Crippen MR) is 157 cm³/mol. The molecule has 2 unspecified atom stereocenters. The van der Waals surface area contributed by atoms with Gasteiger partial charge in [-0.1, -0.05) is 62.4 Å². The van der Waals surface area contributed by atoms with Crippen LogP contribution in [0.25, 0.3) is 0 Å². The number of carbonyl (C=O) groups is 6. The van der Waals surface area contributed by atoms with Crippen molar-refractivity contribution in [3.05, 3.63) is 71.8 Å². The van der Waals surface area contributed by atoms with Crippen molar-refractivity contribution in [2.75, 3.05) is 0 Å². The lowest BCUT2D eigenvalue weighted by molar-refractivity contribution is -0.183. The van der Waals surface area contributed by atoms with Crippen molar-refractivity contribution in [2.45, 2.75) is 84.8 Å². The van der Waals surface area contributed by atoms with Crippen LogP contribution in [0.5, 0.6) is 0 Å². The first-order valence-electron chi connectivity index (χ1n) is 14.5. The van der Waals surface area contributed by atoms with Crippen molar-refractivity contribution in [3.8, 4) is 0 Å². The van der Waals surface area contributed by atoms with Gasteiger partial charge in [0.25, 0.3) is 5.91 Å². The van der Waals surface area contributed by atoms with E-state index in [9.17, 15) is 28.8 Å². The molecule has 0 aromatic heterocycles. The Bertz CT molecular complexity index is 1360. The fourth-order valence-electron chi connectivity index (χ4n) is 4.42. The van der Waals surface area contributed by atoms with Crippen molar-refractivity contribution in [1.29, 1.82) is 0 Å². The SMILES string of the molecule is CC[C@H](C)C1OC(=O)C(C)(C)C(=O)[C@H](Cc2ccccc2)OC(=O)[C@H](C)OC(=O)C(NC(=O)c2ccccc2)[C@@H](C)OC1=O. The highest BCUT2D eigenvalue weighted by Crippen LogP contribution is 2.27. The molecule has 0 bridgehead atoms. The van der Waals surface area contributed by atoms with Crippen molar-refractivity contribution in [1.82, 2.24) is 5.32 Å². The average Bonchev–Trinajstić information content (AvgIpc) is 3.01. The molecular formula is C33H39NO10. The van der Waals surface area contributed by atoms with Gasteiger partial charge in [0, 0.05) is 17.9 Å². The number of benzene rings is 2. The van der Waals surface area contributed by atoms with Gasteiger partial charge < -0.3 is 24.3 Å². The number of cyclic esters (lactones) is 4. The van der Waals surface area contributed by atoms with Crippen LogP contribution in [0.4, 0.5) is 0 Å². The Labute approximate surface area is 256 Å². The molecule has 2 aromatic rings. The van der Waals surface area contributed by atoms with Gasteiger partial charge in [-0.3, -0.25) is 14.4 Å². The van der Waals surface area contributed by atoms with Crippen LogP contribution >= 0.6 is 0 Å². The average molecular weight is 610 g/mol. The second-order valence-corrected chi connectivity index (χ2v) is 11.4. The van der Waals surface area contributed by atoms with Crippen LogP contribution in [0.3, 0.4) is 0 Å². The highest BCUT2D eigenvalue weighted by molar-refractivity contribution is 6.06. The molecule has 44 heavy (non-hydrogen) atoms. The summed E-state index contributed by atoms with van der Waals surface area (Å²) in [5.74, 6) is -6.11. The number of Topliss-reactive ketones (excluding diaryl/α,β-unsaturated/α-hetero) is 1. The predicted octanol–water partition coefficient (Wildman–Crippen LogP) is 3.37. The quantitative estimate of drug-likeness (QED) is 0.293. The maximum atomic E-state index is 13.8. The number of hydrogen-bond donors (Lipinski definition) is 1. The fraction of sp³-hybridized carbons (Fsp3) is 0.455. The third kappa shape index (κ3) is 8.30. The minimum Gasteiger partial charge on any atom is -0.457 e. The number of rotatable bonds is 6. The lowest BCUT2D eigenvalue weighted by Crippen LogP contribution is -2.52. The number of ketones is 1. The van der Waals surface area contributed by atoms with Gasteiger partial charge in [-0.05, 0) is 51.8 Å². The Morgan fingerprint density at radius 3 is 2.00 bits per heavy atom.